The van der Waals surface area contributed by atoms with Gasteiger partial charge in [-0.2, -0.15) is 5.26 Å². The van der Waals surface area contributed by atoms with Crippen LogP contribution in [0.25, 0.3) is 0 Å². The first-order valence-corrected chi connectivity index (χ1v) is 9.73. The summed E-state index contributed by atoms with van der Waals surface area (Å²) in [7, 11) is 3.46. The second-order valence-corrected chi connectivity index (χ2v) is 6.50. The van der Waals surface area contributed by atoms with Crippen LogP contribution in [0.15, 0.2) is 76.1 Å². The lowest BCUT2D eigenvalue weighted by Gasteiger charge is -2.24. The summed E-state index contributed by atoms with van der Waals surface area (Å²) >= 11 is 0. The molecule has 1 aliphatic carbocycles. The van der Waals surface area contributed by atoms with Gasteiger partial charge in [-0.1, -0.05) is 36.8 Å². The molecule has 28 heavy (non-hydrogen) atoms. The molecule has 1 aliphatic rings. The predicted octanol–water partition coefficient (Wildman–Crippen LogP) is 6.20. The lowest BCUT2D eigenvalue weighted by atomic mass is 9.81. The quantitative estimate of drug-likeness (QED) is 0.185. The summed E-state index contributed by atoms with van der Waals surface area (Å²) in [4.78, 5) is 4.04. The Morgan fingerprint density at radius 3 is 2.86 bits per heavy atom. The number of halogens is 1. The highest BCUT2D eigenvalue weighted by molar-refractivity contribution is 5.56. The second kappa shape index (κ2) is 14.5. The van der Waals surface area contributed by atoms with E-state index in [1.807, 2.05) is 37.4 Å². The summed E-state index contributed by atoms with van der Waals surface area (Å²) in [5.74, 6) is -0.0963. The molecule has 0 aromatic rings. The standard InChI is InChI=1S/C24H31FN2O/c1-4-20(19-28-3)23(14-7-8-17-26)24(13-6-5-9-18-27-2)21-11-10-12-22(25)16-15-21/h4,7-8,11-12,14-16,18,24H,5-6,9-10,13,19H2,1-3H3/b8-7+,20-4-,23-14+,27-18?. The van der Waals surface area contributed by atoms with Crippen LogP contribution in [0, 0.1) is 17.2 Å². The highest BCUT2D eigenvalue weighted by atomic mass is 19.1. The summed E-state index contributed by atoms with van der Waals surface area (Å²) in [6.07, 6.45) is 20.8. The van der Waals surface area contributed by atoms with Crippen LogP contribution in [-0.4, -0.2) is 27.0 Å². The smallest absolute Gasteiger partial charge is 0.119 e. The van der Waals surface area contributed by atoms with E-state index in [0.29, 0.717) is 13.0 Å². The number of ether oxygens (including phenoxy) is 1. The van der Waals surface area contributed by atoms with Gasteiger partial charge in [-0.15, -0.1) is 0 Å². The molecule has 0 saturated heterocycles. The molecule has 150 valence electrons. The normalized spacial score (nSPS) is 16.8. The van der Waals surface area contributed by atoms with E-state index < -0.39 is 0 Å². The third-order valence-corrected chi connectivity index (χ3v) is 4.60. The Morgan fingerprint density at radius 2 is 2.18 bits per heavy atom. The largest absolute Gasteiger partial charge is 0.380 e. The van der Waals surface area contributed by atoms with Gasteiger partial charge in [0.1, 0.15) is 5.83 Å². The molecule has 0 amide bonds. The number of hydrogen-bond acceptors (Lipinski definition) is 3. The lowest BCUT2D eigenvalue weighted by molar-refractivity contribution is 0.226. The lowest BCUT2D eigenvalue weighted by Crippen LogP contribution is -2.12. The molecule has 0 radical (unpaired) electrons. The van der Waals surface area contributed by atoms with Crippen LogP contribution in [0.5, 0.6) is 0 Å². The van der Waals surface area contributed by atoms with Gasteiger partial charge in [0.25, 0.3) is 0 Å². The summed E-state index contributed by atoms with van der Waals surface area (Å²) in [5.41, 5.74) is 3.29. The van der Waals surface area contributed by atoms with Crippen molar-refractivity contribution >= 4 is 6.21 Å². The molecule has 0 N–H and O–H groups in total. The molecule has 0 spiro atoms. The van der Waals surface area contributed by atoms with Crippen LogP contribution >= 0.6 is 0 Å². The summed E-state index contributed by atoms with van der Waals surface area (Å²) in [6, 6.07) is 2.04. The molecule has 1 rings (SSSR count). The van der Waals surface area contributed by atoms with Crippen molar-refractivity contribution in [2.75, 3.05) is 20.8 Å². The number of rotatable bonds is 11. The SMILES string of the molecule is C\C=C(COC)/C(=C\C=C\C#N)C(CCCCC=NC)C1=CCC=C(F)C=C1. The fourth-order valence-corrected chi connectivity index (χ4v) is 3.22. The highest BCUT2D eigenvalue weighted by Gasteiger charge is 2.20. The topological polar surface area (TPSA) is 45.4 Å². The molecule has 1 atom stereocenters. The Labute approximate surface area is 169 Å². The van der Waals surface area contributed by atoms with Crippen molar-refractivity contribution in [3.8, 4) is 6.07 Å². The Kier molecular flexibility index (Phi) is 12.2. The minimum atomic E-state index is -0.206. The Hall–Kier alpha value is -2.51. The van der Waals surface area contributed by atoms with Crippen molar-refractivity contribution in [1.29, 1.82) is 5.26 Å². The monoisotopic (exact) mass is 382 g/mol. The number of hydrogen-bond donors (Lipinski definition) is 0. The van der Waals surface area contributed by atoms with E-state index >= 15 is 0 Å². The molecular formula is C24H31FN2O. The van der Waals surface area contributed by atoms with Crippen LogP contribution < -0.4 is 0 Å². The number of unbranched alkanes of at least 4 members (excludes halogenated alkanes) is 2. The van der Waals surface area contributed by atoms with Crippen molar-refractivity contribution < 1.29 is 9.13 Å². The van der Waals surface area contributed by atoms with Gasteiger partial charge < -0.3 is 9.73 Å². The molecule has 4 heteroatoms. The summed E-state index contributed by atoms with van der Waals surface area (Å²) in [5, 5.41) is 8.87. The third kappa shape index (κ3) is 8.45. The van der Waals surface area contributed by atoms with Crippen molar-refractivity contribution in [3.63, 3.8) is 0 Å². The number of nitrogens with zero attached hydrogens (tertiary/aromatic N) is 2. The van der Waals surface area contributed by atoms with Crippen molar-refractivity contribution in [1.82, 2.24) is 0 Å². The zero-order chi connectivity index (χ0) is 20.6. The zero-order valence-corrected chi connectivity index (χ0v) is 17.2. The van der Waals surface area contributed by atoms with E-state index in [1.54, 1.807) is 26.3 Å². The first-order valence-electron chi connectivity index (χ1n) is 9.73. The third-order valence-electron chi connectivity index (χ3n) is 4.60. The van der Waals surface area contributed by atoms with Crippen LogP contribution in [-0.2, 0) is 4.74 Å². The van der Waals surface area contributed by atoms with Gasteiger partial charge in [0, 0.05) is 26.2 Å². The summed E-state index contributed by atoms with van der Waals surface area (Å²) in [6.45, 7) is 2.48. The van der Waals surface area contributed by atoms with Gasteiger partial charge in [0.05, 0.1) is 12.7 Å². The fourth-order valence-electron chi connectivity index (χ4n) is 3.22. The molecule has 1 unspecified atom stereocenters. The molecule has 0 saturated carbocycles. The average Bonchev–Trinajstić information content (AvgIpc) is 2.92. The van der Waals surface area contributed by atoms with Crippen LogP contribution in [0.1, 0.15) is 39.0 Å². The number of methoxy groups -OCH3 is 1. The molecular weight excluding hydrogens is 351 g/mol. The predicted molar refractivity (Wildman–Crippen MR) is 116 cm³/mol. The first kappa shape index (κ1) is 23.5. The van der Waals surface area contributed by atoms with Crippen molar-refractivity contribution in [2.24, 2.45) is 10.9 Å². The van der Waals surface area contributed by atoms with Gasteiger partial charge in [-0.25, -0.2) is 4.39 Å². The Balaban J connectivity index is 3.23. The molecule has 0 bridgehead atoms. The number of allylic oxidation sites excluding steroid dienone is 10. The zero-order valence-electron chi connectivity index (χ0n) is 17.2. The minimum absolute atomic E-state index is 0.110. The molecule has 0 aliphatic heterocycles. The van der Waals surface area contributed by atoms with E-state index in [1.165, 1.54) is 12.2 Å². The van der Waals surface area contributed by atoms with E-state index in [-0.39, 0.29) is 11.7 Å². The Morgan fingerprint density at radius 1 is 1.36 bits per heavy atom. The van der Waals surface area contributed by atoms with Crippen LogP contribution in [0.2, 0.25) is 0 Å². The number of nitriles is 1. The van der Waals surface area contributed by atoms with Crippen molar-refractivity contribution in [2.45, 2.75) is 39.0 Å². The minimum Gasteiger partial charge on any atom is -0.380 e. The molecule has 0 heterocycles. The first-order chi connectivity index (χ1) is 13.7. The molecule has 0 aromatic carbocycles. The van der Waals surface area contributed by atoms with Crippen LogP contribution in [0.3, 0.4) is 0 Å². The van der Waals surface area contributed by atoms with Gasteiger partial charge in [-0.3, -0.25) is 0 Å². The Bertz CT molecular complexity index is 730. The second-order valence-electron chi connectivity index (χ2n) is 6.50. The summed E-state index contributed by atoms with van der Waals surface area (Å²) < 4.78 is 19.1. The van der Waals surface area contributed by atoms with E-state index in [4.69, 9.17) is 10.00 Å². The van der Waals surface area contributed by atoms with Gasteiger partial charge in [-0.05, 0) is 67.7 Å². The maximum Gasteiger partial charge on any atom is 0.119 e. The average molecular weight is 383 g/mol. The van der Waals surface area contributed by atoms with Crippen LogP contribution in [0.4, 0.5) is 4.39 Å². The number of aliphatic imine (C=N–C) groups is 1. The van der Waals surface area contributed by atoms with Crippen molar-refractivity contribution in [3.05, 3.63) is 71.2 Å². The molecule has 3 nitrogen and oxygen atoms in total. The molecule has 0 aromatic heterocycles. The van der Waals surface area contributed by atoms with E-state index in [9.17, 15) is 4.39 Å². The van der Waals surface area contributed by atoms with Gasteiger partial charge in [0.2, 0.25) is 0 Å². The molecule has 0 fully saturated rings. The van der Waals surface area contributed by atoms with E-state index in [0.717, 1.165) is 42.4 Å². The maximum absolute atomic E-state index is 13.7. The highest BCUT2D eigenvalue weighted by Crippen LogP contribution is 2.34. The maximum atomic E-state index is 13.7. The van der Waals surface area contributed by atoms with E-state index in [2.05, 4.69) is 11.1 Å². The fraction of sp³-hybridized carbons (Fsp3) is 0.417. The van der Waals surface area contributed by atoms with Gasteiger partial charge in [0.15, 0.2) is 0 Å². The van der Waals surface area contributed by atoms with Gasteiger partial charge >= 0.3 is 0 Å².